The molecule has 1 aromatic carbocycles. The van der Waals surface area contributed by atoms with Crippen LogP contribution in [0.3, 0.4) is 0 Å². The van der Waals surface area contributed by atoms with E-state index in [1.165, 1.54) is 4.90 Å². The van der Waals surface area contributed by atoms with Crippen LogP contribution in [0.2, 0.25) is 0 Å². The molecule has 212 valence electrons. The van der Waals surface area contributed by atoms with Gasteiger partial charge in [-0.3, -0.25) is 0 Å². The Morgan fingerprint density at radius 3 is 2.48 bits per heavy atom. The molecule has 3 amide bonds. The summed E-state index contributed by atoms with van der Waals surface area (Å²) in [6, 6.07) is 9.95. The number of methoxy groups -OCH3 is 1. The molecule has 0 bridgehead atoms. The van der Waals surface area contributed by atoms with Gasteiger partial charge in [-0.2, -0.15) is 0 Å². The van der Waals surface area contributed by atoms with Crippen molar-refractivity contribution in [1.29, 1.82) is 0 Å². The number of hydrogen-bond acceptors (Lipinski definition) is 9. The number of anilines is 1. The zero-order valence-corrected chi connectivity index (χ0v) is 23.5. The predicted octanol–water partition coefficient (Wildman–Crippen LogP) is 2.41. The molecule has 40 heavy (non-hydrogen) atoms. The maximum absolute atomic E-state index is 13.5. The molecule has 0 radical (unpaired) electrons. The standard InChI is InChI=1S/C27H33N6O6P/c1-3-39-27(36)32-14-12-31(13-15-32)26(35)21(10-16-40-37)29-25(34)22-17-23(33-11-9-20(18-33)38-2)30-24(28-22)19-7-5-4-6-8-19/h4-8,17,20-21H,3,9-15,18H2,1-2H3,(H,29,34)/t20-,21-/m0/s1. The topological polar surface area (TPSA) is 134 Å². The van der Waals surface area contributed by atoms with E-state index in [1.54, 1.807) is 25.0 Å². The summed E-state index contributed by atoms with van der Waals surface area (Å²) in [7, 11) is 1.30. The summed E-state index contributed by atoms with van der Waals surface area (Å²) in [5.41, 5.74) is 3.44. The summed E-state index contributed by atoms with van der Waals surface area (Å²) in [6.45, 7) is 4.55. The molecule has 13 heteroatoms. The molecular weight excluding hydrogens is 535 g/mol. The molecule has 2 saturated heterocycles. The molecular formula is C27H33N6O6P. The number of hydrogen-bond donors (Lipinski definition) is 1. The second-order valence-electron chi connectivity index (χ2n) is 9.38. The number of benzene rings is 1. The van der Waals surface area contributed by atoms with E-state index in [0.717, 1.165) is 18.5 Å². The Kier molecular flexibility index (Phi) is 10.3. The van der Waals surface area contributed by atoms with Gasteiger partial charge in [0, 0.05) is 7.11 Å². The van der Waals surface area contributed by atoms with Crippen LogP contribution < -0.4 is 10.2 Å². The number of carbonyl (C=O) groups is 3. The van der Waals surface area contributed by atoms with E-state index >= 15 is 0 Å². The Morgan fingerprint density at radius 2 is 1.82 bits per heavy atom. The van der Waals surface area contributed by atoms with Gasteiger partial charge in [-0.25, -0.2) is 0 Å². The second-order valence-corrected chi connectivity index (χ2v) is 9.88. The van der Waals surface area contributed by atoms with Crippen molar-refractivity contribution < 1.29 is 28.4 Å². The van der Waals surface area contributed by atoms with Crippen LogP contribution in [0.15, 0.2) is 36.4 Å². The zero-order valence-electron chi connectivity index (χ0n) is 22.6. The zero-order chi connectivity index (χ0) is 28.5. The Labute approximate surface area is 234 Å². The van der Waals surface area contributed by atoms with Crippen LogP contribution >= 0.6 is 7.92 Å². The van der Waals surface area contributed by atoms with E-state index in [4.69, 9.17) is 14.5 Å². The Hall–Kier alpha value is -3.72. The summed E-state index contributed by atoms with van der Waals surface area (Å²) in [4.78, 5) is 53.3. The third-order valence-electron chi connectivity index (χ3n) is 6.86. The minimum atomic E-state index is -1.01. The van der Waals surface area contributed by atoms with Gasteiger partial charge < -0.3 is 0 Å². The fourth-order valence-electron chi connectivity index (χ4n) is 4.66. The normalized spacial score (nSPS) is 17.6. The first-order chi connectivity index (χ1) is 19.4. The van der Waals surface area contributed by atoms with Crippen molar-refractivity contribution >= 4 is 31.6 Å². The van der Waals surface area contributed by atoms with Crippen LogP contribution in [0.1, 0.15) is 30.3 Å². The SMILES string of the molecule is CCOC(=O)N1CCN(C(=O)[C@H](CC#P=O)NC(=O)c2cc(N3CC[C@H](OC)C3)nc(-c3ccccc3)n2)CC1. The van der Waals surface area contributed by atoms with E-state index in [0.29, 0.717) is 31.3 Å². The first kappa shape index (κ1) is 29.3. The Morgan fingerprint density at radius 1 is 1.10 bits per heavy atom. The molecule has 0 spiro atoms. The number of nitrogens with zero attached hydrogens (tertiary/aromatic N) is 5. The number of rotatable bonds is 8. The summed E-state index contributed by atoms with van der Waals surface area (Å²) < 4.78 is 21.7. The Bertz CT molecular complexity index is 1320. The van der Waals surface area contributed by atoms with Gasteiger partial charge in [0.1, 0.15) is 0 Å². The third kappa shape index (κ3) is 7.27. The number of amides is 3. The van der Waals surface area contributed by atoms with Gasteiger partial charge >= 0.3 is 227 Å². The van der Waals surface area contributed by atoms with Crippen molar-refractivity contribution in [3.63, 3.8) is 0 Å². The van der Waals surface area contributed by atoms with Crippen molar-refractivity contribution in [1.82, 2.24) is 25.1 Å². The molecule has 1 N–H and O–H groups in total. The molecule has 0 unspecified atom stereocenters. The number of ether oxygens (including phenoxy) is 2. The summed E-state index contributed by atoms with van der Waals surface area (Å²) in [5, 5.41) is 2.76. The summed E-state index contributed by atoms with van der Waals surface area (Å²) in [5.74, 6) is 0.0650. The van der Waals surface area contributed by atoms with Gasteiger partial charge in [-0.05, 0) is 0 Å². The molecule has 2 fully saturated rings. The molecule has 3 heterocycles. The minimum absolute atomic E-state index is 0.0567. The number of aromatic nitrogens is 2. The van der Waals surface area contributed by atoms with Gasteiger partial charge in [0.15, 0.2) is 0 Å². The Balaban J connectivity index is 1.54. The molecule has 12 nitrogen and oxygen atoms in total. The predicted molar refractivity (Wildman–Crippen MR) is 148 cm³/mol. The molecule has 0 aliphatic carbocycles. The average molecular weight is 569 g/mol. The van der Waals surface area contributed by atoms with Crippen LogP contribution in [-0.2, 0) is 18.8 Å². The van der Waals surface area contributed by atoms with Crippen molar-refractivity contribution in [3.05, 3.63) is 42.1 Å². The van der Waals surface area contributed by atoms with Crippen LogP contribution in [0, 0.1) is 5.63 Å². The van der Waals surface area contributed by atoms with Gasteiger partial charge in [0.05, 0.1) is 0 Å². The van der Waals surface area contributed by atoms with Crippen molar-refractivity contribution in [2.45, 2.75) is 31.9 Å². The number of carbonyl (C=O) groups excluding carboxylic acids is 3. The van der Waals surface area contributed by atoms with Gasteiger partial charge in [0.2, 0.25) is 0 Å². The van der Waals surface area contributed by atoms with Crippen LogP contribution in [0.25, 0.3) is 11.4 Å². The molecule has 4 rings (SSSR count). The van der Waals surface area contributed by atoms with Gasteiger partial charge in [0.25, 0.3) is 0 Å². The number of piperazine rings is 1. The van der Waals surface area contributed by atoms with Crippen LogP contribution in [0.4, 0.5) is 10.6 Å². The average Bonchev–Trinajstić information content (AvgIpc) is 3.49. The molecule has 2 aliphatic heterocycles. The molecule has 2 atom stereocenters. The van der Waals surface area contributed by atoms with Crippen molar-refractivity contribution in [3.8, 4) is 17.0 Å². The summed E-state index contributed by atoms with van der Waals surface area (Å²) >= 11 is 0. The third-order valence-corrected chi connectivity index (χ3v) is 7.17. The second kappa shape index (κ2) is 14.1. The van der Waals surface area contributed by atoms with Gasteiger partial charge in [-0.15, -0.1) is 0 Å². The molecule has 1 aromatic heterocycles. The molecule has 2 aliphatic rings. The van der Waals surface area contributed by atoms with E-state index < -0.39 is 18.0 Å². The fourth-order valence-corrected chi connectivity index (χ4v) is 4.92. The van der Waals surface area contributed by atoms with Gasteiger partial charge in [-0.1, -0.05) is 0 Å². The fraction of sp³-hybridized carbons (Fsp3) is 0.481. The van der Waals surface area contributed by atoms with Crippen LogP contribution in [0.5, 0.6) is 0 Å². The summed E-state index contributed by atoms with van der Waals surface area (Å²) in [6.07, 6.45) is 0.424. The van der Waals surface area contributed by atoms with Crippen molar-refractivity contribution in [2.24, 2.45) is 0 Å². The van der Waals surface area contributed by atoms with Crippen LogP contribution in [-0.4, -0.2) is 103 Å². The number of nitrogens with one attached hydrogen (secondary N) is 1. The van der Waals surface area contributed by atoms with Crippen molar-refractivity contribution in [2.75, 3.05) is 57.9 Å². The first-order valence-corrected chi connectivity index (χ1v) is 14.0. The van der Waals surface area contributed by atoms with E-state index in [-0.39, 0.29) is 51.7 Å². The van der Waals surface area contributed by atoms with E-state index in [2.05, 4.69) is 15.9 Å². The van der Waals surface area contributed by atoms with E-state index in [9.17, 15) is 18.9 Å². The monoisotopic (exact) mass is 568 g/mol. The molecule has 2 aromatic rings. The molecule has 0 saturated carbocycles. The van der Waals surface area contributed by atoms with E-state index in [1.807, 2.05) is 35.2 Å². The first-order valence-electron chi connectivity index (χ1n) is 13.2. The quantitative estimate of drug-likeness (QED) is 0.477. The maximum atomic E-state index is 13.5.